The lowest BCUT2D eigenvalue weighted by atomic mass is 9.89. The van der Waals surface area contributed by atoms with Gasteiger partial charge in [-0.2, -0.15) is 0 Å². The molecule has 0 radical (unpaired) electrons. The van der Waals surface area contributed by atoms with Crippen LogP contribution in [-0.4, -0.2) is 29.7 Å². The first-order valence-electron chi connectivity index (χ1n) is 6.44. The van der Waals surface area contributed by atoms with Crippen LogP contribution in [0.5, 0.6) is 0 Å². The van der Waals surface area contributed by atoms with Gasteiger partial charge in [-0.1, -0.05) is 20.8 Å². The van der Waals surface area contributed by atoms with Gasteiger partial charge >= 0.3 is 0 Å². The Hall–Kier alpha value is -0.0400. The predicted octanol–water partition coefficient (Wildman–Crippen LogP) is 4.08. The second-order valence-electron chi connectivity index (χ2n) is 6.98. The van der Waals surface area contributed by atoms with Crippen molar-refractivity contribution in [1.29, 1.82) is 0 Å². The number of hydrogen-bond acceptors (Lipinski definition) is 0. The fraction of sp³-hybridized carbons (Fsp3) is 1.00. The number of nitrogens with zero attached hydrogens (tertiary/aromatic N) is 1. The van der Waals surface area contributed by atoms with E-state index in [0.29, 0.717) is 11.0 Å². The highest BCUT2D eigenvalue weighted by molar-refractivity contribution is 4.67. The minimum Gasteiger partial charge on any atom is -0.320 e. The Morgan fingerprint density at radius 2 is 1.20 bits per heavy atom. The van der Waals surface area contributed by atoms with Crippen molar-refractivity contribution in [3.63, 3.8) is 0 Å². The fourth-order valence-corrected chi connectivity index (χ4v) is 2.37. The van der Waals surface area contributed by atoms with Gasteiger partial charge in [-0.3, -0.25) is 0 Å². The van der Waals surface area contributed by atoms with Crippen molar-refractivity contribution < 1.29 is 4.48 Å². The van der Waals surface area contributed by atoms with Crippen LogP contribution in [0, 0.1) is 5.41 Å². The molecule has 0 aromatic heterocycles. The zero-order chi connectivity index (χ0) is 12.3. The Bertz CT molecular complexity index is 176. The molecule has 0 aliphatic rings. The van der Waals surface area contributed by atoms with Gasteiger partial charge < -0.3 is 4.48 Å². The van der Waals surface area contributed by atoms with Crippen molar-refractivity contribution in [3.05, 3.63) is 0 Å². The van der Waals surface area contributed by atoms with Gasteiger partial charge in [0.05, 0.1) is 25.2 Å². The maximum absolute atomic E-state index is 2.38. The van der Waals surface area contributed by atoms with Gasteiger partial charge in [0.1, 0.15) is 0 Å². The lowest BCUT2D eigenvalue weighted by molar-refractivity contribution is -0.968. The van der Waals surface area contributed by atoms with E-state index >= 15 is 0 Å². The first kappa shape index (κ1) is 15.0. The molecule has 15 heavy (non-hydrogen) atoms. The molecule has 0 atom stereocenters. The minimum atomic E-state index is 0.370. The summed E-state index contributed by atoms with van der Waals surface area (Å²) in [5, 5.41) is 0. The molecule has 0 unspecified atom stereocenters. The standard InChI is InChI=1S/C14H32N/c1-9-15(10-2,14(6,7)8)12-11-13(3,4)5/h9-12H2,1-8H3/q+1. The summed E-state index contributed by atoms with van der Waals surface area (Å²) in [5.74, 6) is 0. The van der Waals surface area contributed by atoms with Crippen molar-refractivity contribution >= 4 is 0 Å². The van der Waals surface area contributed by atoms with Crippen molar-refractivity contribution in [3.8, 4) is 0 Å². The second kappa shape index (κ2) is 4.86. The van der Waals surface area contributed by atoms with E-state index in [2.05, 4.69) is 55.4 Å². The van der Waals surface area contributed by atoms with Gasteiger partial charge in [0.2, 0.25) is 0 Å². The van der Waals surface area contributed by atoms with Crippen LogP contribution in [0.1, 0.15) is 61.8 Å². The fourth-order valence-electron chi connectivity index (χ4n) is 2.37. The van der Waals surface area contributed by atoms with E-state index in [1.807, 2.05) is 0 Å². The average molecular weight is 214 g/mol. The molecule has 0 heterocycles. The topological polar surface area (TPSA) is 0 Å². The van der Waals surface area contributed by atoms with Gasteiger partial charge in [-0.25, -0.2) is 0 Å². The highest BCUT2D eigenvalue weighted by atomic mass is 15.4. The first-order valence-corrected chi connectivity index (χ1v) is 6.44. The van der Waals surface area contributed by atoms with E-state index < -0.39 is 0 Å². The Kier molecular flexibility index (Phi) is 4.85. The van der Waals surface area contributed by atoms with Crippen molar-refractivity contribution in [2.45, 2.75) is 67.3 Å². The van der Waals surface area contributed by atoms with Gasteiger partial charge in [-0.05, 0) is 40.0 Å². The lowest BCUT2D eigenvalue weighted by Gasteiger charge is -2.49. The summed E-state index contributed by atoms with van der Waals surface area (Å²) in [5.41, 5.74) is 0.827. The molecule has 0 aromatic rings. The van der Waals surface area contributed by atoms with E-state index in [4.69, 9.17) is 0 Å². The zero-order valence-electron chi connectivity index (χ0n) is 12.3. The molecule has 0 amide bonds. The largest absolute Gasteiger partial charge is 0.320 e. The van der Waals surface area contributed by atoms with Crippen LogP contribution < -0.4 is 0 Å². The molecule has 0 fully saturated rings. The number of rotatable bonds is 4. The molecular formula is C14H32N+. The summed E-state index contributed by atoms with van der Waals surface area (Å²) >= 11 is 0. The Labute approximate surface area is 97.5 Å². The normalized spacial score (nSPS) is 14.4. The number of quaternary nitrogens is 1. The van der Waals surface area contributed by atoms with E-state index in [1.165, 1.54) is 30.5 Å². The summed E-state index contributed by atoms with van der Waals surface area (Å²) in [4.78, 5) is 0. The van der Waals surface area contributed by atoms with Crippen molar-refractivity contribution in [2.75, 3.05) is 19.6 Å². The smallest absolute Gasteiger partial charge is 0.0907 e. The van der Waals surface area contributed by atoms with Crippen molar-refractivity contribution in [1.82, 2.24) is 0 Å². The van der Waals surface area contributed by atoms with Gasteiger partial charge in [0.25, 0.3) is 0 Å². The Morgan fingerprint density at radius 1 is 0.800 bits per heavy atom. The molecule has 0 rings (SSSR count). The monoisotopic (exact) mass is 214 g/mol. The summed E-state index contributed by atoms with van der Waals surface area (Å²) in [7, 11) is 0. The van der Waals surface area contributed by atoms with Crippen LogP contribution in [0.15, 0.2) is 0 Å². The van der Waals surface area contributed by atoms with E-state index in [0.717, 1.165) is 0 Å². The first-order chi connectivity index (χ1) is 6.58. The van der Waals surface area contributed by atoms with E-state index in [9.17, 15) is 0 Å². The van der Waals surface area contributed by atoms with Crippen LogP contribution in [0.4, 0.5) is 0 Å². The van der Waals surface area contributed by atoms with Gasteiger partial charge in [0.15, 0.2) is 0 Å². The molecule has 0 saturated carbocycles. The summed E-state index contributed by atoms with van der Waals surface area (Å²) in [6, 6.07) is 0. The summed E-state index contributed by atoms with van der Waals surface area (Å²) < 4.78 is 1.24. The Morgan fingerprint density at radius 3 is 1.40 bits per heavy atom. The molecule has 0 aromatic carbocycles. The van der Waals surface area contributed by atoms with E-state index in [-0.39, 0.29) is 0 Å². The molecule has 1 nitrogen and oxygen atoms in total. The molecular weight excluding hydrogens is 182 g/mol. The van der Waals surface area contributed by atoms with Crippen LogP contribution in [0.25, 0.3) is 0 Å². The molecule has 0 bridgehead atoms. The zero-order valence-corrected chi connectivity index (χ0v) is 12.3. The summed E-state index contributed by atoms with van der Waals surface area (Å²) in [6.07, 6.45) is 1.31. The maximum Gasteiger partial charge on any atom is 0.0907 e. The van der Waals surface area contributed by atoms with Crippen molar-refractivity contribution in [2.24, 2.45) is 5.41 Å². The predicted molar refractivity (Wildman–Crippen MR) is 70.0 cm³/mol. The molecule has 92 valence electrons. The highest BCUT2D eigenvalue weighted by Crippen LogP contribution is 2.28. The summed E-state index contributed by atoms with van der Waals surface area (Å²) in [6.45, 7) is 22.6. The quantitative estimate of drug-likeness (QED) is 0.619. The third kappa shape index (κ3) is 4.14. The van der Waals surface area contributed by atoms with Crippen LogP contribution in [0.3, 0.4) is 0 Å². The maximum atomic E-state index is 2.38. The van der Waals surface area contributed by atoms with Crippen LogP contribution >= 0.6 is 0 Å². The molecule has 0 saturated heterocycles. The average Bonchev–Trinajstić information content (AvgIpc) is 2.02. The van der Waals surface area contributed by atoms with Gasteiger partial charge in [-0.15, -0.1) is 0 Å². The Balaban J connectivity index is 4.67. The lowest BCUT2D eigenvalue weighted by Crippen LogP contribution is -2.60. The number of hydrogen-bond donors (Lipinski definition) is 0. The third-order valence-electron chi connectivity index (χ3n) is 3.92. The molecule has 0 N–H and O–H groups in total. The van der Waals surface area contributed by atoms with E-state index in [1.54, 1.807) is 0 Å². The van der Waals surface area contributed by atoms with Gasteiger partial charge in [0, 0.05) is 6.42 Å². The highest BCUT2D eigenvalue weighted by Gasteiger charge is 2.37. The second-order valence-corrected chi connectivity index (χ2v) is 6.98. The molecule has 0 aliphatic carbocycles. The molecule has 0 aliphatic heterocycles. The molecule has 1 heteroatoms. The third-order valence-corrected chi connectivity index (χ3v) is 3.92. The van der Waals surface area contributed by atoms with Crippen LogP contribution in [0.2, 0.25) is 0 Å². The minimum absolute atomic E-state index is 0.370. The molecule has 0 spiro atoms. The SMILES string of the molecule is CC[N+](CC)(CCC(C)(C)C)C(C)(C)C. The van der Waals surface area contributed by atoms with Crippen LogP contribution in [-0.2, 0) is 0 Å².